The zero-order valence-electron chi connectivity index (χ0n) is 17.8. The maximum atomic E-state index is 13.5. The van der Waals surface area contributed by atoms with Crippen LogP contribution in [-0.2, 0) is 11.3 Å². The van der Waals surface area contributed by atoms with Gasteiger partial charge in [-0.3, -0.25) is 14.2 Å². The third-order valence-electron chi connectivity index (χ3n) is 5.17. The second-order valence-corrected chi connectivity index (χ2v) is 8.09. The first-order valence-corrected chi connectivity index (χ1v) is 10.9. The van der Waals surface area contributed by atoms with Crippen LogP contribution in [0.2, 0.25) is 10.0 Å². The van der Waals surface area contributed by atoms with Gasteiger partial charge in [0.05, 0.1) is 16.9 Å². The number of benzene rings is 2. The second kappa shape index (κ2) is 10.3. The van der Waals surface area contributed by atoms with Crippen molar-refractivity contribution in [3.05, 3.63) is 74.3 Å². The van der Waals surface area contributed by atoms with Gasteiger partial charge >= 0.3 is 0 Å². The number of nitrogens with zero attached hydrogens (tertiary/aromatic N) is 3. The smallest absolute Gasteiger partial charge is 0.261 e. The van der Waals surface area contributed by atoms with Crippen molar-refractivity contribution in [2.75, 3.05) is 20.3 Å². The predicted molar refractivity (Wildman–Crippen MR) is 124 cm³/mol. The molecule has 0 fully saturated rings. The Morgan fingerprint density at radius 3 is 2.52 bits per heavy atom. The van der Waals surface area contributed by atoms with E-state index >= 15 is 0 Å². The van der Waals surface area contributed by atoms with Crippen molar-refractivity contribution in [1.29, 1.82) is 0 Å². The Balaban J connectivity index is 2.09. The standard InChI is InChI=1S/C23H25Cl2N3O3/c1-4-27-21(26-20-9-6-5-8-19(20)23(27)30)15(2)28(10-7-11-31-3)22(29)16-12-17(24)14-18(25)13-16/h5-6,8-9,12-15H,4,7,10-11H2,1-3H3. The first-order valence-electron chi connectivity index (χ1n) is 10.1. The molecule has 0 aliphatic rings. The fourth-order valence-corrected chi connectivity index (χ4v) is 4.17. The van der Waals surface area contributed by atoms with E-state index in [-0.39, 0.29) is 11.5 Å². The highest BCUT2D eigenvalue weighted by Crippen LogP contribution is 2.25. The van der Waals surface area contributed by atoms with Gasteiger partial charge in [-0.2, -0.15) is 0 Å². The molecular formula is C23H25Cl2N3O3. The maximum absolute atomic E-state index is 13.5. The van der Waals surface area contributed by atoms with Crippen molar-refractivity contribution < 1.29 is 9.53 Å². The van der Waals surface area contributed by atoms with E-state index in [4.69, 9.17) is 32.9 Å². The zero-order chi connectivity index (χ0) is 22.5. The highest BCUT2D eigenvalue weighted by molar-refractivity contribution is 6.35. The lowest BCUT2D eigenvalue weighted by atomic mass is 10.1. The molecule has 2 aromatic carbocycles. The summed E-state index contributed by atoms with van der Waals surface area (Å²) in [5.41, 5.74) is 0.868. The number of ether oxygens (including phenoxy) is 1. The third kappa shape index (κ3) is 5.09. The van der Waals surface area contributed by atoms with Gasteiger partial charge in [-0.15, -0.1) is 0 Å². The number of amides is 1. The van der Waals surface area contributed by atoms with Crippen LogP contribution in [0, 0.1) is 0 Å². The molecule has 0 spiro atoms. The van der Waals surface area contributed by atoms with E-state index in [9.17, 15) is 9.59 Å². The van der Waals surface area contributed by atoms with Crippen LogP contribution >= 0.6 is 23.2 Å². The Bertz CT molecular complexity index is 1130. The van der Waals surface area contributed by atoms with Gasteiger partial charge in [0.15, 0.2) is 0 Å². The van der Waals surface area contributed by atoms with Crippen LogP contribution in [-0.4, -0.2) is 40.6 Å². The van der Waals surface area contributed by atoms with Crippen molar-refractivity contribution in [2.45, 2.75) is 32.9 Å². The molecule has 8 heteroatoms. The van der Waals surface area contributed by atoms with Crippen molar-refractivity contribution >= 4 is 40.0 Å². The average Bonchev–Trinajstić information content (AvgIpc) is 2.75. The van der Waals surface area contributed by atoms with E-state index < -0.39 is 6.04 Å². The molecule has 0 saturated carbocycles. The Kier molecular flexibility index (Phi) is 7.70. The Morgan fingerprint density at radius 1 is 1.19 bits per heavy atom. The van der Waals surface area contributed by atoms with Gasteiger partial charge in [0.2, 0.25) is 0 Å². The Labute approximate surface area is 191 Å². The maximum Gasteiger partial charge on any atom is 0.261 e. The second-order valence-electron chi connectivity index (χ2n) is 7.22. The SMILES string of the molecule is CCn1c(C(C)N(CCCOC)C(=O)c2cc(Cl)cc(Cl)c2)nc2ccccc2c1=O. The minimum Gasteiger partial charge on any atom is -0.385 e. The summed E-state index contributed by atoms with van der Waals surface area (Å²) in [5.74, 6) is 0.295. The summed E-state index contributed by atoms with van der Waals surface area (Å²) >= 11 is 12.2. The normalized spacial score (nSPS) is 12.2. The van der Waals surface area contributed by atoms with Crippen LogP contribution in [0.5, 0.6) is 0 Å². The molecule has 3 aromatic rings. The zero-order valence-corrected chi connectivity index (χ0v) is 19.3. The number of carbonyl (C=O) groups excluding carboxylic acids is 1. The van der Waals surface area contributed by atoms with Crippen LogP contribution in [0.4, 0.5) is 0 Å². The molecule has 3 rings (SSSR count). The van der Waals surface area contributed by atoms with E-state index in [1.54, 1.807) is 46.9 Å². The van der Waals surface area contributed by atoms with E-state index in [0.717, 1.165) is 0 Å². The lowest BCUT2D eigenvalue weighted by molar-refractivity contribution is 0.0655. The number of para-hydroxylation sites is 1. The topological polar surface area (TPSA) is 64.4 Å². The van der Waals surface area contributed by atoms with Gasteiger partial charge in [-0.05, 0) is 50.6 Å². The largest absolute Gasteiger partial charge is 0.385 e. The number of fused-ring (bicyclic) bond motifs is 1. The summed E-state index contributed by atoms with van der Waals surface area (Å²) in [6.07, 6.45) is 0.630. The summed E-state index contributed by atoms with van der Waals surface area (Å²) < 4.78 is 6.79. The van der Waals surface area contributed by atoms with Crippen molar-refractivity contribution in [2.24, 2.45) is 0 Å². The molecule has 0 aliphatic heterocycles. The fourth-order valence-electron chi connectivity index (χ4n) is 3.64. The van der Waals surface area contributed by atoms with Gasteiger partial charge in [0.1, 0.15) is 5.82 Å². The molecule has 0 N–H and O–H groups in total. The molecule has 0 radical (unpaired) electrons. The van der Waals surface area contributed by atoms with Gasteiger partial charge in [-0.25, -0.2) is 4.98 Å². The third-order valence-corrected chi connectivity index (χ3v) is 5.60. The Hall–Kier alpha value is -2.41. The van der Waals surface area contributed by atoms with Crippen LogP contribution < -0.4 is 5.56 Å². The molecular weight excluding hydrogens is 437 g/mol. The Morgan fingerprint density at radius 2 is 1.87 bits per heavy atom. The number of hydrogen-bond acceptors (Lipinski definition) is 4. The molecule has 6 nitrogen and oxygen atoms in total. The predicted octanol–water partition coefficient (Wildman–Crippen LogP) is 4.96. The molecule has 0 saturated heterocycles. The van der Waals surface area contributed by atoms with E-state index in [0.29, 0.717) is 58.5 Å². The minimum atomic E-state index is -0.459. The van der Waals surface area contributed by atoms with E-state index in [1.807, 2.05) is 26.0 Å². The number of rotatable bonds is 8. The lowest BCUT2D eigenvalue weighted by Gasteiger charge is -2.30. The number of methoxy groups -OCH3 is 1. The highest BCUT2D eigenvalue weighted by Gasteiger charge is 2.27. The lowest BCUT2D eigenvalue weighted by Crippen LogP contribution is -2.38. The van der Waals surface area contributed by atoms with Crippen LogP contribution in [0.25, 0.3) is 10.9 Å². The summed E-state index contributed by atoms with van der Waals surface area (Å²) in [5, 5.41) is 1.32. The quantitative estimate of drug-likeness (QED) is 0.444. The molecule has 0 bridgehead atoms. The molecule has 1 amide bonds. The monoisotopic (exact) mass is 461 g/mol. The summed E-state index contributed by atoms with van der Waals surface area (Å²) in [7, 11) is 1.62. The molecule has 31 heavy (non-hydrogen) atoms. The van der Waals surface area contributed by atoms with Gasteiger partial charge in [-0.1, -0.05) is 35.3 Å². The van der Waals surface area contributed by atoms with Gasteiger partial charge < -0.3 is 9.64 Å². The molecule has 1 aromatic heterocycles. The molecule has 1 atom stereocenters. The molecule has 1 unspecified atom stereocenters. The average molecular weight is 462 g/mol. The minimum absolute atomic E-state index is 0.120. The van der Waals surface area contributed by atoms with Crippen LogP contribution in [0.15, 0.2) is 47.3 Å². The van der Waals surface area contributed by atoms with E-state index in [1.165, 1.54) is 0 Å². The van der Waals surface area contributed by atoms with Crippen LogP contribution in [0.1, 0.15) is 42.5 Å². The number of halogens is 2. The van der Waals surface area contributed by atoms with Gasteiger partial charge in [0, 0.05) is 42.4 Å². The van der Waals surface area contributed by atoms with Crippen molar-refractivity contribution in [3.63, 3.8) is 0 Å². The van der Waals surface area contributed by atoms with Crippen molar-refractivity contribution in [3.8, 4) is 0 Å². The summed E-state index contributed by atoms with van der Waals surface area (Å²) in [4.78, 5) is 33.0. The summed E-state index contributed by atoms with van der Waals surface area (Å²) in [6.45, 7) is 5.13. The number of carbonyl (C=O) groups is 1. The number of hydrogen-bond donors (Lipinski definition) is 0. The highest BCUT2D eigenvalue weighted by atomic mass is 35.5. The van der Waals surface area contributed by atoms with Gasteiger partial charge in [0.25, 0.3) is 11.5 Å². The molecule has 0 aliphatic carbocycles. The first-order chi connectivity index (χ1) is 14.9. The number of aromatic nitrogens is 2. The molecule has 164 valence electrons. The summed E-state index contributed by atoms with van der Waals surface area (Å²) in [6, 6.07) is 11.5. The first kappa shape index (κ1) is 23.3. The van der Waals surface area contributed by atoms with Crippen molar-refractivity contribution in [1.82, 2.24) is 14.5 Å². The molecule has 1 heterocycles. The fraction of sp³-hybridized carbons (Fsp3) is 0.348. The van der Waals surface area contributed by atoms with Crippen LogP contribution in [0.3, 0.4) is 0 Å². The van der Waals surface area contributed by atoms with E-state index in [2.05, 4.69) is 0 Å².